The predicted molar refractivity (Wildman–Crippen MR) is 481 cm³/mol. The van der Waals surface area contributed by atoms with Crippen LogP contribution in [0.15, 0.2) is 60.7 Å². The molecule has 10 heterocycles. The molecule has 0 radical (unpaired) electrons. The van der Waals surface area contributed by atoms with Gasteiger partial charge in [-0.3, -0.25) is 57.5 Å². The van der Waals surface area contributed by atoms with E-state index < -0.39 is 77.0 Å². The fourth-order valence-electron chi connectivity index (χ4n) is 16.9. The summed E-state index contributed by atoms with van der Waals surface area (Å²) in [6.45, 7) is 21.6. The maximum atomic E-state index is 14.4. The van der Waals surface area contributed by atoms with E-state index >= 15 is 0 Å². The number of ether oxygens (including phenoxy) is 2. The average molecular weight is 1830 g/mol. The van der Waals surface area contributed by atoms with Crippen LogP contribution in [0.3, 0.4) is 0 Å². The van der Waals surface area contributed by atoms with Crippen LogP contribution >= 0.6 is 0 Å². The van der Waals surface area contributed by atoms with Gasteiger partial charge in [0.05, 0.1) is 80.3 Å². The van der Waals surface area contributed by atoms with Gasteiger partial charge in [-0.1, -0.05) is 13.8 Å². The van der Waals surface area contributed by atoms with Crippen molar-refractivity contribution in [2.45, 2.75) is 197 Å². The molecule has 2 fully saturated rings. The number of carbonyl (C=O) groups is 12. The number of aromatic amines is 4. The second-order valence-electron chi connectivity index (χ2n) is 34.0. The highest BCUT2D eigenvalue weighted by molar-refractivity contribution is 6.37. The van der Waals surface area contributed by atoms with Gasteiger partial charge in [-0.05, 0) is 227 Å². The van der Waals surface area contributed by atoms with Gasteiger partial charge in [-0.2, -0.15) is 0 Å². The fraction of sp³-hybridized carbons (Fsp3) is 0.375. The zero-order valence-electron chi connectivity index (χ0n) is 74.8. The van der Waals surface area contributed by atoms with Gasteiger partial charge in [-0.15, -0.1) is 0 Å². The molecular weight excluding hydrogens is 1720 g/mol. The number of hydrogen-bond acceptors (Lipinski definition) is 18. The minimum Gasteiger partial charge on any atom is -0.462 e. The van der Waals surface area contributed by atoms with Crippen molar-refractivity contribution in [3.63, 3.8) is 0 Å². The molecule has 0 aliphatic carbocycles. The highest BCUT2D eigenvalue weighted by atomic mass is 19.2. The zero-order chi connectivity index (χ0) is 96.3. The van der Waals surface area contributed by atoms with Gasteiger partial charge < -0.3 is 92.4 Å². The molecule has 0 saturated carbocycles. The number of aliphatic hydroxyl groups excluding tert-OH is 4. The number of benzene rings is 4. The number of halogens is 6. The van der Waals surface area contributed by atoms with Crippen LogP contribution < -0.4 is 42.5 Å². The highest BCUT2D eigenvalue weighted by Crippen LogP contribution is 2.41. The van der Waals surface area contributed by atoms with Gasteiger partial charge >= 0.3 is 11.9 Å². The largest absolute Gasteiger partial charge is 0.462 e. The lowest BCUT2D eigenvalue weighted by Crippen LogP contribution is -2.33. The third-order valence-electron chi connectivity index (χ3n) is 23.3. The number of carbonyl (C=O) groups excluding carboxylic acids is 12. The van der Waals surface area contributed by atoms with Crippen LogP contribution in [-0.4, -0.2) is 174 Å². The molecule has 0 spiro atoms. The standard InChI is InChI=1S/C24H27F2N3O5.C24H25F2N3O4.C24H28FN3O5.C24H26FN3O4/c1-11(30)8-15(32)9-14(31)6-7-27-24(34)20-12(2)19(28-13(20)3)10-16-21-18(29-23(16)33)5-4-17(25)22(21)26;1-11-8-14(33-19(30)9-11)6-7-27-24(32)20-12(2)18(28-13(20)3)10-15-21-17(29-23(15)31)5-4-16(25)22(21)26;1-12(29)8-17(31)10-16(30)6-7-26-24(33)22-13(2)21(27-14(22)3)11-19-18-9-15(25)4-5-20(18)28-23(19)32;1-12-8-16(32-21(29)9-12)6-7-26-24(31)22-13(2)20(27-14(22)3)11-18-17-10-15(25)4-5-19(17)28-23(18)30/h4-5,10,14-15,28,31-32H,6-9H2,1-3H3,(H,27,34)(H,29,33);4-5,10-11,14,28H,6-9H2,1-3H3,(H,27,32)(H,29,31);4-5,9,11,16-17,27,30-31H,6-8,10H2,1-3H3,(H,26,33)(H,28,32);4-5,10-12,16,27H,6-9H2,1-3H3,(H,26,31)(H,28,30)/b16-10-;15-10-;19-11-;18-11-. The Balaban J connectivity index is 0.000000170. The zero-order valence-corrected chi connectivity index (χ0v) is 74.8. The van der Waals surface area contributed by atoms with Crippen molar-refractivity contribution in [3.8, 4) is 0 Å². The topological polar surface area (TPSA) is 464 Å². The van der Waals surface area contributed by atoms with Gasteiger partial charge in [0.15, 0.2) is 23.3 Å². The first-order valence-corrected chi connectivity index (χ1v) is 43.1. The number of hydrogen-bond donors (Lipinski definition) is 16. The lowest BCUT2D eigenvalue weighted by molar-refractivity contribution is -0.157. The minimum atomic E-state index is -1.13. The number of H-pyrrole nitrogens is 4. The lowest BCUT2D eigenvalue weighted by Gasteiger charge is -2.26. The van der Waals surface area contributed by atoms with Crippen LogP contribution in [-0.2, 0) is 47.8 Å². The smallest absolute Gasteiger partial charge is 0.306 e. The van der Waals surface area contributed by atoms with Crippen LogP contribution in [0.25, 0.3) is 46.6 Å². The Bertz CT molecular complexity index is 6050. The number of anilines is 4. The van der Waals surface area contributed by atoms with E-state index in [1.54, 1.807) is 67.5 Å². The second kappa shape index (κ2) is 43.0. The van der Waals surface area contributed by atoms with Crippen molar-refractivity contribution >= 4 is 140 Å². The minimum absolute atomic E-state index is 0.0153. The van der Waals surface area contributed by atoms with Crippen LogP contribution in [0, 0.1) is 102 Å². The normalized spacial score (nSPS) is 18.4. The monoisotopic (exact) mass is 1830 g/mol. The molecule has 8 aromatic rings. The molecule has 14 rings (SSSR count). The van der Waals surface area contributed by atoms with E-state index in [1.807, 2.05) is 13.8 Å². The number of Topliss-reactive ketones (excluding diaryl/α,β-unsaturated/α-hetero) is 2. The molecule has 8 atom stereocenters. The number of nitrogens with one attached hydrogen (secondary N) is 12. The molecular formula is C96H106F6N12O18. The number of amides is 8. The highest BCUT2D eigenvalue weighted by Gasteiger charge is 2.36. The molecule has 6 aliphatic heterocycles. The number of fused-ring (bicyclic) bond motifs is 4. The summed E-state index contributed by atoms with van der Waals surface area (Å²) in [5, 5.41) is 61.1. The van der Waals surface area contributed by atoms with E-state index in [0.717, 1.165) is 25.0 Å². The summed E-state index contributed by atoms with van der Waals surface area (Å²) in [6.07, 6.45) is 5.98. The Morgan fingerprint density at radius 2 is 0.697 bits per heavy atom. The lowest BCUT2D eigenvalue weighted by atomic mass is 9.95. The Morgan fingerprint density at radius 3 is 1.01 bits per heavy atom. The van der Waals surface area contributed by atoms with Crippen LogP contribution in [0.2, 0.25) is 0 Å². The van der Waals surface area contributed by atoms with E-state index in [4.69, 9.17) is 9.47 Å². The summed E-state index contributed by atoms with van der Waals surface area (Å²) in [4.78, 5) is 158. The molecule has 132 heavy (non-hydrogen) atoms. The molecule has 2 saturated heterocycles. The Labute approximate surface area is 755 Å². The quantitative estimate of drug-likeness (QED) is 0.0123. The van der Waals surface area contributed by atoms with E-state index in [0.29, 0.717) is 162 Å². The fourth-order valence-corrected chi connectivity index (χ4v) is 16.9. The molecule has 30 nitrogen and oxygen atoms in total. The van der Waals surface area contributed by atoms with E-state index in [-0.39, 0.29) is 162 Å². The average Bonchev–Trinajstić information content (AvgIpc) is 1.59. The van der Waals surface area contributed by atoms with Crippen LogP contribution in [0.1, 0.15) is 236 Å². The number of esters is 2. The summed E-state index contributed by atoms with van der Waals surface area (Å²) in [6, 6.07) is 12.7. The molecule has 4 aromatic carbocycles. The van der Waals surface area contributed by atoms with Gasteiger partial charge in [0.2, 0.25) is 0 Å². The molecule has 16 N–H and O–H groups in total. The van der Waals surface area contributed by atoms with Gasteiger partial charge in [-0.25, -0.2) is 26.3 Å². The SMILES string of the molecule is CC(=O)CC(O)CC(O)CCNC(=O)c1c(C)[nH]c(/C=C2\C(=O)Nc3ccc(F)c(F)c32)c1C.CC(=O)CC(O)CC(O)CCNC(=O)c1c(C)[nH]c(/C=C2\C(=O)Nc3ccc(F)cc32)c1C.Cc1[nH]c(/C=C2\C(=O)Nc3ccc(F)c(F)c32)c(C)c1C(=O)NCCC1CC(C)CC(=O)O1.Cc1[nH]c(/C=C2\C(=O)Nc3ccc(F)cc32)c(C)c1C(=O)NCCC1CC(C)CC(=O)O1. The van der Waals surface area contributed by atoms with E-state index in [1.165, 1.54) is 74.5 Å². The summed E-state index contributed by atoms with van der Waals surface area (Å²) in [5.41, 5.74) is 11.1. The van der Waals surface area contributed by atoms with E-state index in [2.05, 4.69) is 62.5 Å². The number of ketones is 2. The summed E-state index contributed by atoms with van der Waals surface area (Å²) >= 11 is 0. The first kappa shape index (κ1) is 99.0. The van der Waals surface area contributed by atoms with Crippen molar-refractivity contribution in [3.05, 3.63) is 208 Å². The third-order valence-corrected chi connectivity index (χ3v) is 23.3. The Morgan fingerprint density at radius 1 is 0.409 bits per heavy atom. The van der Waals surface area contributed by atoms with Crippen molar-refractivity contribution in [1.29, 1.82) is 0 Å². The predicted octanol–water partition coefficient (Wildman–Crippen LogP) is 12.7. The first-order valence-electron chi connectivity index (χ1n) is 43.1. The van der Waals surface area contributed by atoms with Gasteiger partial charge in [0.25, 0.3) is 47.3 Å². The molecule has 8 unspecified atom stereocenters. The number of cyclic esters (lactones) is 2. The third kappa shape index (κ3) is 24.0. The maximum absolute atomic E-state index is 14.4. The molecule has 6 aliphatic rings. The van der Waals surface area contributed by atoms with Crippen LogP contribution in [0.4, 0.5) is 49.1 Å². The summed E-state index contributed by atoms with van der Waals surface area (Å²) in [7, 11) is 0. The van der Waals surface area contributed by atoms with Gasteiger partial charge in [0.1, 0.15) is 35.4 Å². The van der Waals surface area contributed by atoms with Crippen molar-refractivity contribution in [2.75, 3.05) is 47.4 Å². The van der Waals surface area contributed by atoms with E-state index in [9.17, 15) is 104 Å². The van der Waals surface area contributed by atoms with Crippen molar-refractivity contribution < 1.29 is 114 Å². The Hall–Kier alpha value is -13.6. The molecule has 700 valence electrons. The summed E-state index contributed by atoms with van der Waals surface area (Å²) in [5.74, 6) is -8.54. The number of aromatic nitrogens is 4. The molecule has 4 aromatic heterocycles. The number of aryl methyl sites for hydroxylation is 4. The molecule has 0 bridgehead atoms. The molecule has 8 amide bonds. The number of aliphatic hydroxyl groups is 4. The number of rotatable bonds is 28. The maximum Gasteiger partial charge on any atom is 0.306 e. The molecule has 36 heteroatoms. The first-order chi connectivity index (χ1) is 62.4. The van der Waals surface area contributed by atoms with Crippen LogP contribution in [0.5, 0.6) is 0 Å². The van der Waals surface area contributed by atoms with Crippen molar-refractivity contribution in [2.24, 2.45) is 11.8 Å². The second-order valence-corrected chi connectivity index (χ2v) is 34.0. The summed E-state index contributed by atoms with van der Waals surface area (Å²) < 4.78 is 94.2. The van der Waals surface area contributed by atoms with Gasteiger partial charge in [0, 0.05) is 144 Å². The Kier molecular flexibility index (Phi) is 32.2. The van der Waals surface area contributed by atoms with Crippen molar-refractivity contribution in [1.82, 2.24) is 41.2 Å².